The molecule has 1 amide bonds. The number of aryl methyl sites for hydroxylation is 1. The molecule has 1 fully saturated rings. The van der Waals surface area contributed by atoms with Crippen LogP contribution in [0.25, 0.3) is 0 Å². The number of amides is 1. The second kappa shape index (κ2) is 7.53. The molecule has 0 aliphatic carbocycles. The smallest absolute Gasteiger partial charge is 0.217 e. The van der Waals surface area contributed by atoms with Gasteiger partial charge < -0.3 is 5.32 Å². The Hall–Kier alpha value is -2.27. The Morgan fingerprint density at radius 2 is 2.21 bits per heavy atom. The van der Waals surface area contributed by atoms with Crippen molar-refractivity contribution >= 4 is 5.91 Å². The van der Waals surface area contributed by atoms with Crippen molar-refractivity contribution in [3.63, 3.8) is 0 Å². The standard InChI is InChI=1S/C19H24N4O/c1-14-8-9-16(11-20-14)13-23-10-4-7-19(23)18-6-3-5-17(22-18)12-21-15(2)24/h3,5-6,8-9,11,19H,4,7,10,12-13H2,1-2H3,(H,21,24)/t19-/m1/s1. The minimum atomic E-state index is -0.0310. The Balaban J connectivity index is 1.71. The quantitative estimate of drug-likeness (QED) is 0.919. The lowest BCUT2D eigenvalue weighted by Gasteiger charge is -2.24. The van der Waals surface area contributed by atoms with E-state index in [1.807, 2.05) is 25.3 Å². The van der Waals surface area contributed by atoms with Gasteiger partial charge in [-0.2, -0.15) is 0 Å². The molecule has 0 aromatic carbocycles. The third kappa shape index (κ3) is 4.17. The van der Waals surface area contributed by atoms with Crippen LogP contribution in [0.5, 0.6) is 0 Å². The number of carbonyl (C=O) groups excluding carboxylic acids is 1. The van der Waals surface area contributed by atoms with Gasteiger partial charge in [-0.3, -0.25) is 19.7 Å². The maximum absolute atomic E-state index is 11.1. The molecule has 1 N–H and O–H groups in total. The van der Waals surface area contributed by atoms with E-state index in [4.69, 9.17) is 4.98 Å². The summed E-state index contributed by atoms with van der Waals surface area (Å²) in [5.74, 6) is -0.0310. The van der Waals surface area contributed by atoms with Gasteiger partial charge in [0.05, 0.1) is 24.0 Å². The number of aromatic nitrogens is 2. The van der Waals surface area contributed by atoms with Gasteiger partial charge in [-0.25, -0.2) is 0 Å². The number of rotatable bonds is 5. The van der Waals surface area contributed by atoms with Gasteiger partial charge in [-0.15, -0.1) is 0 Å². The Morgan fingerprint density at radius 1 is 1.33 bits per heavy atom. The molecule has 24 heavy (non-hydrogen) atoms. The number of nitrogens with zero attached hydrogens (tertiary/aromatic N) is 3. The highest BCUT2D eigenvalue weighted by Gasteiger charge is 2.27. The molecule has 1 aliphatic heterocycles. The van der Waals surface area contributed by atoms with Gasteiger partial charge in [-0.05, 0) is 50.1 Å². The summed E-state index contributed by atoms with van der Waals surface area (Å²) in [5.41, 5.74) is 4.29. The first-order chi connectivity index (χ1) is 11.6. The molecular formula is C19H24N4O. The molecule has 126 valence electrons. The molecule has 3 heterocycles. The van der Waals surface area contributed by atoms with Gasteiger partial charge in [0.2, 0.25) is 5.91 Å². The molecule has 0 saturated carbocycles. The SMILES string of the molecule is CC(=O)NCc1cccc([C@H]2CCCN2Cc2ccc(C)nc2)n1. The third-order valence-electron chi connectivity index (χ3n) is 4.41. The average Bonchev–Trinajstić information content (AvgIpc) is 3.03. The van der Waals surface area contributed by atoms with Crippen LogP contribution in [0.2, 0.25) is 0 Å². The van der Waals surface area contributed by atoms with Crippen LogP contribution in [0.1, 0.15) is 48.5 Å². The topological polar surface area (TPSA) is 58.1 Å². The second-order valence-corrected chi connectivity index (χ2v) is 6.40. The number of nitrogens with one attached hydrogen (secondary N) is 1. The van der Waals surface area contributed by atoms with E-state index < -0.39 is 0 Å². The average molecular weight is 324 g/mol. The summed E-state index contributed by atoms with van der Waals surface area (Å²) in [6.45, 7) is 5.99. The summed E-state index contributed by atoms with van der Waals surface area (Å²) in [6, 6.07) is 10.6. The maximum Gasteiger partial charge on any atom is 0.217 e. The number of pyridine rings is 2. The molecule has 2 aromatic rings. The van der Waals surface area contributed by atoms with Crippen molar-refractivity contribution in [2.75, 3.05) is 6.54 Å². The zero-order chi connectivity index (χ0) is 16.9. The predicted octanol–water partition coefficient (Wildman–Crippen LogP) is 2.76. The summed E-state index contributed by atoms with van der Waals surface area (Å²) in [4.78, 5) is 22.7. The van der Waals surface area contributed by atoms with E-state index in [9.17, 15) is 4.79 Å². The fraction of sp³-hybridized carbons (Fsp3) is 0.421. The van der Waals surface area contributed by atoms with E-state index >= 15 is 0 Å². The van der Waals surface area contributed by atoms with Crippen LogP contribution in [0, 0.1) is 6.92 Å². The first-order valence-electron chi connectivity index (χ1n) is 8.47. The summed E-state index contributed by atoms with van der Waals surface area (Å²) < 4.78 is 0. The van der Waals surface area contributed by atoms with Crippen molar-refractivity contribution in [2.24, 2.45) is 0 Å². The summed E-state index contributed by atoms with van der Waals surface area (Å²) in [6.07, 6.45) is 4.27. The molecular weight excluding hydrogens is 300 g/mol. The molecule has 0 bridgehead atoms. The van der Waals surface area contributed by atoms with Crippen molar-refractivity contribution in [3.8, 4) is 0 Å². The number of likely N-dealkylation sites (tertiary alicyclic amines) is 1. The summed E-state index contributed by atoms with van der Waals surface area (Å²) in [5, 5.41) is 2.81. The fourth-order valence-electron chi connectivity index (χ4n) is 3.17. The van der Waals surface area contributed by atoms with Gasteiger partial charge in [-0.1, -0.05) is 12.1 Å². The minimum absolute atomic E-state index is 0.0310. The minimum Gasteiger partial charge on any atom is -0.351 e. The van der Waals surface area contributed by atoms with E-state index in [1.165, 1.54) is 18.9 Å². The largest absolute Gasteiger partial charge is 0.351 e. The lowest BCUT2D eigenvalue weighted by atomic mass is 10.1. The van der Waals surface area contributed by atoms with Crippen LogP contribution in [0.4, 0.5) is 0 Å². The Kier molecular flexibility index (Phi) is 5.20. The zero-order valence-electron chi connectivity index (χ0n) is 14.3. The Bertz CT molecular complexity index is 699. The molecule has 0 spiro atoms. The molecule has 0 radical (unpaired) electrons. The highest BCUT2D eigenvalue weighted by Crippen LogP contribution is 2.32. The van der Waals surface area contributed by atoms with E-state index in [0.29, 0.717) is 12.6 Å². The number of hydrogen-bond acceptors (Lipinski definition) is 4. The molecule has 5 heteroatoms. The lowest BCUT2D eigenvalue weighted by Crippen LogP contribution is -2.24. The van der Waals surface area contributed by atoms with E-state index in [0.717, 1.165) is 36.6 Å². The van der Waals surface area contributed by atoms with Crippen molar-refractivity contribution < 1.29 is 4.79 Å². The van der Waals surface area contributed by atoms with E-state index in [1.54, 1.807) is 0 Å². The van der Waals surface area contributed by atoms with Crippen molar-refractivity contribution in [2.45, 2.75) is 45.8 Å². The maximum atomic E-state index is 11.1. The first-order valence-corrected chi connectivity index (χ1v) is 8.47. The van der Waals surface area contributed by atoms with Crippen molar-refractivity contribution in [3.05, 3.63) is 59.2 Å². The van der Waals surface area contributed by atoms with Crippen LogP contribution in [0.3, 0.4) is 0 Å². The van der Waals surface area contributed by atoms with Crippen molar-refractivity contribution in [1.29, 1.82) is 0 Å². The van der Waals surface area contributed by atoms with Crippen LogP contribution in [-0.4, -0.2) is 27.3 Å². The lowest BCUT2D eigenvalue weighted by molar-refractivity contribution is -0.119. The Morgan fingerprint density at radius 3 is 2.96 bits per heavy atom. The monoisotopic (exact) mass is 324 g/mol. The van der Waals surface area contributed by atoms with E-state index in [2.05, 4.69) is 33.4 Å². The number of hydrogen-bond donors (Lipinski definition) is 1. The predicted molar refractivity (Wildman–Crippen MR) is 93.1 cm³/mol. The molecule has 5 nitrogen and oxygen atoms in total. The van der Waals surface area contributed by atoms with Crippen molar-refractivity contribution in [1.82, 2.24) is 20.2 Å². The van der Waals surface area contributed by atoms with Gasteiger partial charge in [0, 0.05) is 25.4 Å². The van der Waals surface area contributed by atoms with Crippen LogP contribution in [0.15, 0.2) is 36.5 Å². The first kappa shape index (κ1) is 16.6. The van der Waals surface area contributed by atoms with Crippen LogP contribution < -0.4 is 5.32 Å². The van der Waals surface area contributed by atoms with E-state index in [-0.39, 0.29) is 5.91 Å². The fourth-order valence-corrected chi connectivity index (χ4v) is 3.17. The van der Waals surface area contributed by atoms with Crippen LogP contribution >= 0.6 is 0 Å². The highest BCUT2D eigenvalue weighted by molar-refractivity contribution is 5.72. The molecule has 1 saturated heterocycles. The Labute approximate surface area is 143 Å². The normalized spacial score (nSPS) is 17.8. The molecule has 2 aromatic heterocycles. The van der Waals surface area contributed by atoms with Gasteiger partial charge >= 0.3 is 0 Å². The molecule has 1 atom stereocenters. The summed E-state index contributed by atoms with van der Waals surface area (Å²) >= 11 is 0. The van der Waals surface area contributed by atoms with Gasteiger partial charge in [0.1, 0.15) is 0 Å². The van der Waals surface area contributed by atoms with Gasteiger partial charge in [0.15, 0.2) is 0 Å². The van der Waals surface area contributed by atoms with Gasteiger partial charge in [0.25, 0.3) is 0 Å². The second-order valence-electron chi connectivity index (χ2n) is 6.40. The zero-order valence-corrected chi connectivity index (χ0v) is 14.3. The summed E-state index contributed by atoms with van der Waals surface area (Å²) in [7, 11) is 0. The molecule has 1 aliphatic rings. The number of carbonyl (C=O) groups is 1. The van der Waals surface area contributed by atoms with Crippen LogP contribution in [-0.2, 0) is 17.9 Å². The molecule has 0 unspecified atom stereocenters. The molecule has 3 rings (SSSR count). The highest BCUT2D eigenvalue weighted by atomic mass is 16.1. The third-order valence-corrected chi connectivity index (χ3v) is 4.41.